The zero-order valence-corrected chi connectivity index (χ0v) is 17.5. The number of nitrogens with zero attached hydrogens (tertiary/aromatic N) is 3. The number of piperidine rings is 1. The van der Waals surface area contributed by atoms with Crippen molar-refractivity contribution in [3.63, 3.8) is 0 Å². The summed E-state index contributed by atoms with van der Waals surface area (Å²) in [6.07, 6.45) is 4.40. The van der Waals surface area contributed by atoms with Gasteiger partial charge in [0, 0.05) is 37.2 Å². The molecule has 8 nitrogen and oxygen atoms in total. The number of pyridine rings is 2. The largest absolute Gasteiger partial charge is 0.481 e. The van der Waals surface area contributed by atoms with E-state index < -0.39 is 16.9 Å². The molecule has 1 saturated carbocycles. The van der Waals surface area contributed by atoms with Crippen LogP contribution in [0, 0.1) is 16.7 Å². The third-order valence-electron chi connectivity index (χ3n) is 7.12. The van der Waals surface area contributed by atoms with Crippen LogP contribution in [-0.2, 0) is 9.53 Å². The minimum Gasteiger partial charge on any atom is -0.481 e. The fraction of sp³-hybridized carbons (Fsp3) is 0.545. The number of ether oxygens (including phenoxy) is 1. The van der Waals surface area contributed by atoms with Gasteiger partial charge in [-0.25, -0.2) is 0 Å². The first-order valence-corrected chi connectivity index (χ1v) is 10.2. The Bertz CT molecular complexity index is 1100. The Labute approximate surface area is 174 Å². The van der Waals surface area contributed by atoms with Crippen LogP contribution in [0.15, 0.2) is 17.1 Å². The second-order valence-corrected chi connectivity index (χ2v) is 8.77. The molecule has 1 atom stereocenters. The van der Waals surface area contributed by atoms with Crippen molar-refractivity contribution in [2.45, 2.75) is 51.0 Å². The minimum absolute atomic E-state index is 0.0766. The molecule has 1 saturated heterocycles. The summed E-state index contributed by atoms with van der Waals surface area (Å²) in [5.74, 6) is -1.06. The molecule has 30 heavy (non-hydrogen) atoms. The van der Waals surface area contributed by atoms with Crippen molar-refractivity contribution in [1.82, 2.24) is 9.97 Å². The monoisotopic (exact) mass is 410 g/mol. The number of hydrogen-bond acceptors (Lipinski definition) is 6. The Balaban J connectivity index is 1.82. The molecule has 2 fully saturated rings. The average Bonchev–Trinajstić information content (AvgIpc) is 3.55. The van der Waals surface area contributed by atoms with Gasteiger partial charge in [-0.1, -0.05) is 6.92 Å². The fourth-order valence-electron chi connectivity index (χ4n) is 4.52. The summed E-state index contributed by atoms with van der Waals surface area (Å²) in [7, 11) is 1.70. The van der Waals surface area contributed by atoms with E-state index in [0.717, 1.165) is 18.2 Å². The summed E-state index contributed by atoms with van der Waals surface area (Å²) in [6, 6.07) is 3.91. The van der Waals surface area contributed by atoms with Crippen LogP contribution in [0.1, 0.15) is 56.7 Å². The van der Waals surface area contributed by atoms with Crippen molar-refractivity contribution in [2.24, 2.45) is 5.41 Å². The number of fused-ring (bicyclic) bond motifs is 1. The molecular formula is C22H26N4O4. The first-order chi connectivity index (χ1) is 14.2. The topological polar surface area (TPSA) is 119 Å². The molecule has 1 aliphatic heterocycles. The molecule has 3 heterocycles. The number of hydrogen-bond donors (Lipinski definition) is 2. The summed E-state index contributed by atoms with van der Waals surface area (Å²) >= 11 is 0. The van der Waals surface area contributed by atoms with Crippen LogP contribution in [-0.4, -0.2) is 46.8 Å². The number of aliphatic carboxylic acids is 1. The third kappa shape index (κ3) is 3.14. The lowest BCUT2D eigenvalue weighted by atomic mass is 9.87. The molecule has 2 N–H and O–H groups in total. The van der Waals surface area contributed by atoms with Gasteiger partial charge in [-0.15, -0.1) is 0 Å². The van der Waals surface area contributed by atoms with E-state index in [0.29, 0.717) is 42.8 Å². The number of nitriles is 1. The number of H-pyrrole nitrogens is 1. The average molecular weight is 410 g/mol. The summed E-state index contributed by atoms with van der Waals surface area (Å²) in [6.45, 7) is 5.26. The van der Waals surface area contributed by atoms with Gasteiger partial charge in [0.1, 0.15) is 11.6 Å². The molecule has 1 aliphatic carbocycles. The first kappa shape index (κ1) is 20.4. The fourth-order valence-corrected chi connectivity index (χ4v) is 4.52. The lowest BCUT2D eigenvalue weighted by molar-refractivity contribution is -0.144. The zero-order chi connectivity index (χ0) is 21.7. The maximum atomic E-state index is 12.6. The number of carboxylic acid groups (broad SMARTS) is 1. The van der Waals surface area contributed by atoms with E-state index in [4.69, 9.17) is 4.74 Å². The number of nitrogens with one attached hydrogen (secondary N) is 1. The van der Waals surface area contributed by atoms with Crippen molar-refractivity contribution in [3.8, 4) is 6.07 Å². The Morgan fingerprint density at radius 1 is 1.37 bits per heavy atom. The lowest BCUT2D eigenvalue weighted by Crippen LogP contribution is -2.44. The summed E-state index contributed by atoms with van der Waals surface area (Å²) in [4.78, 5) is 33.6. The van der Waals surface area contributed by atoms with Crippen molar-refractivity contribution in [1.29, 1.82) is 5.26 Å². The zero-order valence-electron chi connectivity index (χ0n) is 17.5. The van der Waals surface area contributed by atoms with E-state index in [2.05, 4.69) is 27.9 Å². The van der Waals surface area contributed by atoms with Gasteiger partial charge < -0.3 is 19.7 Å². The van der Waals surface area contributed by atoms with E-state index in [-0.39, 0.29) is 17.1 Å². The van der Waals surface area contributed by atoms with Gasteiger partial charge in [0.15, 0.2) is 0 Å². The first-order valence-electron chi connectivity index (χ1n) is 10.2. The Morgan fingerprint density at radius 2 is 2.03 bits per heavy atom. The van der Waals surface area contributed by atoms with Crippen LogP contribution < -0.4 is 10.5 Å². The number of carboxylic acids is 1. The Kier molecular flexibility index (Phi) is 4.82. The van der Waals surface area contributed by atoms with Gasteiger partial charge in [0.2, 0.25) is 0 Å². The molecule has 0 amide bonds. The van der Waals surface area contributed by atoms with Gasteiger partial charge in [0.25, 0.3) is 5.56 Å². The smallest absolute Gasteiger partial charge is 0.310 e. The lowest BCUT2D eigenvalue weighted by Gasteiger charge is -2.40. The second-order valence-electron chi connectivity index (χ2n) is 8.77. The number of aromatic nitrogens is 2. The SMILES string of the molecule is COC1(C)CCN(c2c(C#N)c(=O)[nH]c3cnc(C(C)C4(C(=O)O)CC4)cc23)CC1. The number of anilines is 1. The highest BCUT2D eigenvalue weighted by Crippen LogP contribution is 2.56. The van der Waals surface area contributed by atoms with Crippen molar-refractivity contribution >= 4 is 22.6 Å². The number of rotatable bonds is 5. The highest BCUT2D eigenvalue weighted by Gasteiger charge is 2.55. The normalized spacial score (nSPS) is 20.5. The van der Waals surface area contributed by atoms with Gasteiger partial charge >= 0.3 is 5.97 Å². The molecule has 0 radical (unpaired) electrons. The van der Waals surface area contributed by atoms with E-state index in [1.54, 1.807) is 13.3 Å². The maximum absolute atomic E-state index is 12.6. The van der Waals surface area contributed by atoms with Crippen LogP contribution >= 0.6 is 0 Å². The van der Waals surface area contributed by atoms with Gasteiger partial charge in [0.05, 0.1) is 28.4 Å². The Morgan fingerprint density at radius 3 is 2.57 bits per heavy atom. The van der Waals surface area contributed by atoms with Gasteiger partial charge in [-0.05, 0) is 38.7 Å². The van der Waals surface area contributed by atoms with Crippen LogP contribution in [0.3, 0.4) is 0 Å². The second kappa shape index (κ2) is 7.10. The van der Waals surface area contributed by atoms with E-state index in [1.165, 1.54) is 0 Å². The molecule has 0 aromatic carbocycles. The van der Waals surface area contributed by atoms with Crippen LogP contribution in [0.5, 0.6) is 0 Å². The molecule has 0 spiro atoms. The Hall–Kier alpha value is -2.92. The highest BCUT2D eigenvalue weighted by atomic mass is 16.5. The minimum atomic E-state index is -0.800. The summed E-state index contributed by atoms with van der Waals surface area (Å²) < 4.78 is 5.62. The molecule has 4 rings (SSSR count). The molecular weight excluding hydrogens is 384 g/mol. The number of aromatic amines is 1. The molecule has 2 aliphatic rings. The molecule has 2 aromatic heterocycles. The van der Waals surface area contributed by atoms with Gasteiger partial charge in [-0.3, -0.25) is 14.6 Å². The van der Waals surface area contributed by atoms with Crippen LogP contribution in [0.25, 0.3) is 10.9 Å². The summed E-state index contributed by atoms with van der Waals surface area (Å²) in [5.41, 5.74) is 0.460. The van der Waals surface area contributed by atoms with Gasteiger partial charge in [-0.2, -0.15) is 5.26 Å². The standard InChI is InChI=1S/C22H26N4O4/c1-13(22(4-5-22)20(28)29)16-10-14-17(12-24-16)25-19(27)15(11-23)18(14)26-8-6-21(2,30-3)7-9-26/h10,12-13H,4-9H2,1-3H3,(H,25,27)(H,28,29). The molecule has 158 valence electrons. The van der Waals surface area contributed by atoms with Crippen molar-refractivity contribution in [2.75, 3.05) is 25.1 Å². The van der Waals surface area contributed by atoms with E-state index in [1.807, 2.05) is 13.0 Å². The predicted octanol–water partition coefficient (Wildman–Crippen LogP) is 2.77. The highest BCUT2D eigenvalue weighted by molar-refractivity contribution is 5.94. The maximum Gasteiger partial charge on any atom is 0.310 e. The predicted molar refractivity (Wildman–Crippen MR) is 112 cm³/mol. The number of carbonyl (C=O) groups is 1. The molecule has 2 aromatic rings. The van der Waals surface area contributed by atoms with Crippen molar-refractivity contribution in [3.05, 3.63) is 33.9 Å². The molecule has 0 bridgehead atoms. The third-order valence-corrected chi connectivity index (χ3v) is 7.12. The quantitative estimate of drug-likeness (QED) is 0.778. The van der Waals surface area contributed by atoms with E-state index >= 15 is 0 Å². The van der Waals surface area contributed by atoms with Crippen LogP contribution in [0.2, 0.25) is 0 Å². The summed E-state index contributed by atoms with van der Waals surface area (Å²) in [5, 5.41) is 20.1. The van der Waals surface area contributed by atoms with E-state index in [9.17, 15) is 20.0 Å². The molecule has 1 unspecified atom stereocenters. The van der Waals surface area contributed by atoms with Crippen molar-refractivity contribution < 1.29 is 14.6 Å². The molecule has 8 heteroatoms. The number of methoxy groups -OCH3 is 1. The van der Waals surface area contributed by atoms with Crippen LogP contribution in [0.4, 0.5) is 5.69 Å².